The van der Waals surface area contributed by atoms with Crippen molar-refractivity contribution in [3.8, 4) is 0 Å². The summed E-state index contributed by atoms with van der Waals surface area (Å²) >= 11 is 1.22. The highest BCUT2D eigenvalue weighted by atomic mass is 32.1. The van der Waals surface area contributed by atoms with E-state index in [0.29, 0.717) is 15.7 Å². The van der Waals surface area contributed by atoms with Crippen molar-refractivity contribution in [1.82, 2.24) is 4.98 Å². The van der Waals surface area contributed by atoms with Crippen molar-refractivity contribution in [2.75, 3.05) is 18.5 Å². The molecule has 3 nitrogen and oxygen atoms in total. The standard InChI is InChI=1S/C9H13F3N2OS/c1-6-7(5-15)16-8(13-6)14(2)4-3-9(10,11)12/h15H,3-5H2,1-2H3. The molecule has 1 rings (SSSR count). The summed E-state index contributed by atoms with van der Waals surface area (Å²) in [6.45, 7) is 1.47. The Labute approximate surface area is 95.5 Å². The SMILES string of the molecule is Cc1nc(N(C)CCC(F)(F)F)sc1CO. The summed E-state index contributed by atoms with van der Waals surface area (Å²) < 4.78 is 36.0. The number of aryl methyl sites for hydroxylation is 1. The fourth-order valence-electron chi connectivity index (χ4n) is 1.11. The Hall–Kier alpha value is -0.820. The van der Waals surface area contributed by atoms with Crippen molar-refractivity contribution < 1.29 is 18.3 Å². The van der Waals surface area contributed by atoms with E-state index in [9.17, 15) is 13.2 Å². The van der Waals surface area contributed by atoms with Crippen LogP contribution in [-0.2, 0) is 6.61 Å². The highest BCUT2D eigenvalue weighted by Crippen LogP contribution is 2.27. The monoisotopic (exact) mass is 254 g/mol. The van der Waals surface area contributed by atoms with E-state index in [1.54, 1.807) is 14.0 Å². The minimum absolute atomic E-state index is 0.124. The summed E-state index contributed by atoms with van der Waals surface area (Å²) in [6, 6.07) is 0. The van der Waals surface area contributed by atoms with Crippen molar-refractivity contribution >= 4 is 16.5 Å². The van der Waals surface area contributed by atoms with Crippen LogP contribution >= 0.6 is 11.3 Å². The van der Waals surface area contributed by atoms with Crippen LogP contribution in [0.3, 0.4) is 0 Å². The Morgan fingerprint density at radius 3 is 2.50 bits per heavy atom. The van der Waals surface area contributed by atoms with Crippen LogP contribution in [0.5, 0.6) is 0 Å². The summed E-state index contributed by atoms with van der Waals surface area (Å²) in [5.41, 5.74) is 0.668. The van der Waals surface area contributed by atoms with E-state index in [1.807, 2.05) is 0 Å². The Morgan fingerprint density at radius 1 is 1.44 bits per heavy atom. The maximum atomic E-state index is 12.0. The molecule has 0 fully saturated rings. The van der Waals surface area contributed by atoms with Crippen LogP contribution in [0, 0.1) is 6.92 Å². The smallest absolute Gasteiger partial charge is 0.390 e. The first kappa shape index (κ1) is 13.2. The van der Waals surface area contributed by atoms with Crippen LogP contribution in [-0.4, -0.2) is 29.9 Å². The molecule has 1 aromatic rings. The average Bonchev–Trinajstić information content (AvgIpc) is 2.55. The number of aromatic nitrogens is 1. The number of rotatable bonds is 4. The molecule has 0 aliphatic heterocycles. The zero-order valence-electron chi connectivity index (χ0n) is 9.01. The van der Waals surface area contributed by atoms with Gasteiger partial charge in [0.25, 0.3) is 0 Å². The highest BCUT2D eigenvalue weighted by Gasteiger charge is 2.27. The summed E-state index contributed by atoms with van der Waals surface area (Å²) in [6.07, 6.45) is -5.02. The van der Waals surface area contributed by atoms with Gasteiger partial charge in [-0.2, -0.15) is 13.2 Å². The van der Waals surface area contributed by atoms with Crippen LogP contribution in [0.2, 0.25) is 0 Å². The van der Waals surface area contributed by atoms with Gasteiger partial charge in [-0.25, -0.2) is 4.98 Å². The number of hydrogen-bond donors (Lipinski definition) is 1. The minimum Gasteiger partial charge on any atom is -0.391 e. The van der Waals surface area contributed by atoms with Gasteiger partial charge in [-0.15, -0.1) is 0 Å². The summed E-state index contributed by atoms with van der Waals surface area (Å²) in [7, 11) is 1.56. The minimum atomic E-state index is -4.15. The average molecular weight is 254 g/mol. The van der Waals surface area contributed by atoms with Crippen molar-refractivity contribution in [1.29, 1.82) is 0 Å². The quantitative estimate of drug-likeness (QED) is 0.896. The lowest BCUT2D eigenvalue weighted by molar-refractivity contribution is -0.132. The third kappa shape index (κ3) is 3.64. The molecule has 1 N–H and O–H groups in total. The summed E-state index contributed by atoms with van der Waals surface area (Å²) in [5.74, 6) is 0. The van der Waals surface area contributed by atoms with Gasteiger partial charge in [0.2, 0.25) is 0 Å². The molecule has 0 saturated carbocycles. The lowest BCUT2D eigenvalue weighted by Crippen LogP contribution is -2.23. The molecule has 0 aliphatic rings. The van der Waals surface area contributed by atoms with Gasteiger partial charge in [0.05, 0.1) is 23.6 Å². The summed E-state index contributed by atoms with van der Waals surface area (Å²) in [5, 5.41) is 9.45. The first-order valence-electron chi connectivity index (χ1n) is 4.68. The van der Waals surface area contributed by atoms with Gasteiger partial charge in [0.1, 0.15) is 0 Å². The van der Waals surface area contributed by atoms with E-state index >= 15 is 0 Å². The lowest BCUT2D eigenvalue weighted by atomic mass is 10.4. The number of nitrogens with zero attached hydrogens (tertiary/aromatic N) is 2. The highest BCUT2D eigenvalue weighted by molar-refractivity contribution is 7.15. The molecule has 0 spiro atoms. The van der Waals surface area contributed by atoms with Crippen molar-refractivity contribution in [3.05, 3.63) is 10.6 Å². The molecular weight excluding hydrogens is 241 g/mol. The van der Waals surface area contributed by atoms with Gasteiger partial charge < -0.3 is 10.0 Å². The molecule has 0 aromatic carbocycles. The van der Waals surface area contributed by atoms with Crippen LogP contribution < -0.4 is 4.90 Å². The van der Waals surface area contributed by atoms with Gasteiger partial charge in [-0.05, 0) is 6.92 Å². The predicted octanol–water partition coefficient (Wildman–Crippen LogP) is 2.33. The number of anilines is 1. The van der Waals surface area contributed by atoms with Crippen molar-refractivity contribution in [2.45, 2.75) is 26.1 Å². The van der Waals surface area contributed by atoms with E-state index < -0.39 is 12.6 Å². The number of aliphatic hydroxyl groups is 1. The number of aliphatic hydroxyl groups excluding tert-OH is 1. The Balaban J connectivity index is 2.62. The Morgan fingerprint density at radius 2 is 2.06 bits per heavy atom. The van der Waals surface area contributed by atoms with Gasteiger partial charge in [0.15, 0.2) is 5.13 Å². The maximum absolute atomic E-state index is 12.0. The maximum Gasteiger partial charge on any atom is 0.390 e. The number of halogens is 3. The molecule has 1 aromatic heterocycles. The van der Waals surface area contributed by atoms with Gasteiger partial charge in [0, 0.05) is 13.6 Å². The van der Waals surface area contributed by atoms with E-state index in [4.69, 9.17) is 5.11 Å². The second-order valence-electron chi connectivity index (χ2n) is 3.45. The zero-order chi connectivity index (χ0) is 12.3. The van der Waals surface area contributed by atoms with E-state index in [1.165, 1.54) is 16.2 Å². The normalized spacial score (nSPS) is 11.9. The Bertz CT molecular complexity index is 351. The second kappa shape index (κ2) is 5.01. The molecule has 7 heteroatoms. The molecule has 16 heavy (non-hydrogen) atoms. The molecule has 0 aliphatic carbocycles. The number of thiazole rings is 1. The molecule has 92 valence electrons. The van der Waals surface area contributed by atoms with Crippen molar-refractivity contribution in [2.24, 2.45) is 0 Å². The Kier molecular flexibility index (Phi) is 4.15. The molecule has 0 bridgehead atoms. The molecule has 1 heterocycles. The topological polar surface area (TPSA) is 36.4 Å². The largest absolute Gasteiger partial charge is 0.391 e. The lowest BCUT2D eigenvalue weighted by Gasteiger charge is -2.16. The fraction of sp³-hybridized carbons (Fsp3) is 0.667. The third-order valence-corrected chi connectivity index (χ3v) is 3.34. The molecule has 0 unspecified atom stereocenters. The van der Waals surface area contributed by atoms with E-state index in [0.717, 1.165) is 0 Å². The zero-order valence-corrected chi connectivity index (χ0v) is 9.82. The number of alkyl halides is 3. The first-order valence-corrected chi connectivity index (χ1v) is 5.50. The number of hydrogen-bond acceptors (Lipinski definition) is 4. The van der Waals surface area contributed by atoms with E-state index in [2.05, 4.69) is 4.98 Å². The van der Waals surface area contributed by atoms with Gasteiger partial charge in [-0.3, -0.25) is 0 Å². The molecular formula is C9H13F3N2OS. The molecule has 0 radical (unpaired) electrons. The third-order valence-electron chi connectivity index (χ3n) is 2.08. The molecule has 0 saturated heterocycles. The van der Waals surface area contributed by atoms with Crippen LogP contribution in [0.15, 0.2) is 0 Å². The molecule has 0 atom stereocenters. The van der Waals surface area contributed by atoms with Crippen LogP contribution in [0.1, 0.15) is 17.0 Å². The predicted molar refractivity (Wildman–Crippen MR) is 56.7 cm³/mol. The van der Waals surface area contributed by atoms with E-state index in [-0.39, 0.29) is 13.2 Å². The van der Waals surface area contributed by atoms with Crippen LogP contribution in [0.25, 0.3) is 0 Å². The van der Waals surface area contributed by atoms with Gasteiger partial charge in [-0.1, -0.05) is 11.3 Å². The second-order valence-corrected chi connectivity index (χ2v) is 4.51. The van der Waals surface area contributed by atoms with Crippen LogP contribution in [0.4, 0.5) is 18.3 Å². The summed E-state index contributed by atoms with van der Waals surface area (Å²) in [4.78, 5) is 6.24. The molecule has 0 amide bonds. The van der Waals surface area contributed by atoms with Crippen molar-refractivity contribution in [3.63, 3.8) is 0 Å². The first-order chi connectivity index (χ1) is 7.33. The van der Waals surface area contributed by atoms with Gasteiger partial charge >= 0.3 is 6.18 Å². The fourth-order valence-corrected chi connectivity index (χ4v) is 2.02.